The number of carbonyl (C=O) groups is 1. The maximum atomic E-state index is 13.0. The summed E-state index contributed by atoms with van der Waals surface area (Å²) < 4.78 is 5.37. The first kappa shape index (κ1) is 16.3. The molecule has 1 aliphatic heterocycles. The number of ether oxygens (including phenoxy) is 1. The molecule has 0 bridgehead atoms. The summed E-state index contributed by atoms with van der Waals surface area (Å²) >= 11 is 0. The highest BCUT2D eigenvalue weighted by atomic mass is 16.5. The molecule has 2 aromatic rings. The van der Waals surface area contributed by atoms with Crippen LogP contribution in [0.25, 0.3) is 11.1 Å². The average Bonchev–Trinajstić information content (AvgIpc) is 3.00. The van der Waals surface area contributed by atoms with E-state index < -0.39 is 5.41 Å². The van der Waals surface area contributed by atoms with E-state index in [9.17, 15) is 4.79 Å². The zero-order valence-corrected chi connectivity index (χ0v) is 14.6. The molecule has 0 saturated carbocycles. The van der Waals surface area contributed by atoms with E-state index in [0.29, 0.717) is 6.61 Å². The highest BCUT2D eigenvalue weighted by Crippen LogP contribution is 2.38. The predicted molar refractivity (Wildman–Crippen MR) is 99.7 cm³/mol. The molecule has 2 aromatic carbocycles. The summed E-state index contributed by atoms with van der Waals surface area (Å²) in [6.07, 6.45) is 2.55. The van der Waals surface area contributed by atoms with Crippen LogP contribution in [0.3, 0.4) is 0 Å². The highest BCUT2D eigenvalue weighted by molar-refractivity contribution is 5.96. The Balaban J connectivity index is 1.55. The number of carbonyl (C=O) groups excluding carboxylic acids is 1. The van der Waals surface area contributed by atoms with Crippen molar-refractivity contribution in [1.82, 2.24) is 5.32 Å². The molecule has 1 amide bonds. The molecule has 2 N–H and O–H groups in total. The van der Waals surface area contributed by atoms with Crippen molar-refractivity contribution in [2.45, 2.75) is 19.3 Å². The van der Waals surface area contributed by atoms with Gasteiger partial charge in [-0.15, -0.1) is 0 Å². The number of methoxy groups -OCH3 is 1. The molecule has 4 rings (SSSR count). The summed E-state index contributed by atoms with van der Waals surface area (Å²) in [6, 6.07) is 14.8. The minimum atomic E-state index is -0.429. The van der Waals surface area contributed by atoms with Crippen LogP contribution in [0.5, 0.6) is 0 Å². The second-order valence-electron chi connectivity index (χ2n) is 7.12. The van der Waals surface area contributed by atoms with E-state index in [0.717, 1.165) is 38.0 Å². The summed E-state index contributed by atoms with van der Waals surface area (Å²) in [4.78, 5) is 13.0. The third-order valence-electron chi connectivity index (χ3n) is 5.51. The number of piperidine rings is 1. The molecule has 0 radical (unpaired) electrons. The van der Waals surface area contributed by atoms with Gasteiger partial charge in [0.25, 0.3) is 0 Å². The molecular formula is C21H24N2O2. The minimum Gasteiger partial charge on any atom is -0.384 e. The lowest BCUT2D eigenvalue weighted by molar-refractivity contribution is -0.130. The van der Waals surface area contributed by atoms with Gasteiger partial charge in [-0.1, -0.05) is 30.3 Å². The highest BCUT2D eigenvalue weighted by Gasteiger charge is 2.39. The number of nitrogens with one attached hydrogen (secondary N) is 2. The van der Waals surface area contributed by atoms with Gasteiger partial charge in [-0.2, -0.15) is 0 Å². The fraction of sp³-hybridized carbons (Fsp3) is 0.381. The van der Waals surface area contributed by atoms with Gasteiger partial charge in [-0.3, -0.25) is 4.79 Å². The monoisotopic (exact) mass is 336 g/mol. The van der Waals surface area contributed by atoms with E-state index in [1.54, 1.807) is 7.11 Å². The lowest BCUT2D eigenvalue weighted by Crippen LogP contribution is -2.47. The van der Waals surface area contributed by atoms with E-state index in [2.05, 4.69) is 47.0 Å². The van der Waals surface area contributed by atoms with Gasteiger partial charge in [-0.25, -0.2) is 0 Å². The molecule has 130 valence electrons. The molecule has 2 aliphatic rings. The molecule has 25 heavy (non-hydrogen) atoms. The van der Waals surface area contributed by atoms with Gasteiger partial charge in [0, 0.05) is 12.8 Å². The number of hydrogen-bond donors (Lipinski definition) is 2. The zero-order valence-electron chi connectivity index (χ0n) is 14.6. The summed E-state index contributed by atoms with van der Waals surface area (Å²) in [5.41, 5.74) is 5.68. The topological polar surface area (TPSA) is 50.4 Å². The lowest BCUT2D eigenvalue weighted by atomic mass is 9.78. The van der Waals surface area contributed by atoms with Crippen molar-refractivity contribution in [1.29, 1.82) is 0 Å². The first-order valence-corrected chi connectivity index (χ1v) is 8.94. The number of benzene rings is 2. The Hall–Kier alpha value is -2.17. The minimum absolute atomic E-state index is 0.0753. The average molecular weight is 336 g/mol. The molecule has 1 heterocycles. The molecule has 0 unspecified atom stereocenters. The van der Waals surface area contributed by atoms with E-state index >= 15 is 0 Å². The fourth-order valence-electron chi connectivity index (χ4n) is 4.11. The standard InChI is InChI=1S/C21H24N2O2/c1-25-14-21(8-10-22-11-9-21)20(24)23-17-6-7-19-16(13-17)12-15-4-2-3-5-18(15)19/h2-7,13,22H,8-12,14H2,1H3,(H,23,24). The van der Waals surface area contributed by atoms with Crippen LogP contribution in [0.2, 0.25) is 0 Å². The van der Waals surface area contributed by atoms with Crippen LogP contribution in [0.15, 0.2) is 42.5 Å². The summed E-state index contributed by atoms with van der Waals surface area (Å²) in [5, 5.41) is 6.47. The van der Waals surface area contributed by atoms with Crippen molar-refractivity contribution in [3.8, 4) is 11.1 Å². The molecule has 4 heteroatoms. The van der Waals surface area contributed by atoms with Gasteiger partial charge in [-0.05, 0) is 66.7 Å². The number of amides is 1. The Kier molecular flexibility index (Phi) is 4.32. The predicted octanol–water partition coefficient (Wildman–Crippen LogP) is 3.21. The second kappa shape index (κ2) is 6.62. The number of anilines is 1. The van der Waals surface area contributed by atoms with Crippen molar-refractivity contribution in [3.63, 3.8) is 0 Å². The fourth-order valence-corrected chi connectivity index (χ4v) is 4.11. The molecule has 1 fully saturated rings. The maximum absolute atomic E-state index is 13.0. The third-order valence-corrected chi connectivity index (χ3v) is 5.51. The number of hydrogen-bond acceptors (Lipinski definition) is 3. The van der Waals surface area contributed by atoms with Crippen LogP contribution in [-0.2, 0) is 16.0 Å². The maximum Gasteiger partial charge on any atom is 0.233 e. The van der Waals surface area contributed by atoms with E-state index in [4.69, 9.17) is 4.74 Å². The second-order valence-corrected chi connectivity index (χ2v) is 7.12. The van der Waals surface area contributed by atoms with Crippen LogP contribution in [-0.4, -0.2) is 32.7 Å². The van der Waals surface area contributed by atoms with Gasteiger partial charge in [0.15, 0.2) is 0 Å². The van der Waals surface area contributed by atoms with Crippen molar-refractivity contribution in [3.05, 3.63) is 53.6 Å². The number of rotatable bonds is 4. The summed E-state index contributed by atoms with van der Waals surface area (Å²) in [7, 11) is 1.67. The van der Waals surface area contributed by atoms with Gasteiger partial charge in [0.05, 0.1) is 12.0 Å². The molecular weight excluding hydrogens is 312 g/mol. The van der Waals surface area contributed by atoms with Gasteiger partial charge < -0.3 is 15.4 Å². The molecule has 4 nitrogen and oxygen atoms in total. The molecule has 1 saturated heterocycles. The quantitative estimate of drug-likeness (QED) is 0.769. The van der Waals surface area contributed by atoms with Crippen LogP contribution in [0, 0.1) is 5.41 Å². The summed E-state index contributed by atoms with van der Waals surface area (Å²) in [6.45, 7) is 2.18. The Morgan fingerprint density at radius 3 is 2.68 bits per heavy atom. The largest absolute Gasteiger partial charge is 0.384 e. The Labute approximate surface area is 148 Å². The SMILES string of the molecule is COCC1(C(=O)Nc2ccc3c(c2)Cc2ccccc2-3)CCNCC1. The first-order valence-electron chi connectivity index (χ1n) is 8.94. The first-order chi connectivity index (χ1) is 12.2. The van der Waals surface area contributed by atoms with Crippen molar-refractivity contribution in [2.24, 2.45) is 5.41 Å². The van der Waals surface area contributed by atoms with Crippen LogP contribution in [0.1, 0.15) is 24.0 Å². The molecule has 0 atom stereocenters. The molecule has 1 aliphatic carbocycles. The van der Waals surface area contributed by atoms with Gasteiger partial charge in [0.1, 0.15) is 0 Å². The normalized spacial score (nSPS) is 17.6. The van der Waals surface area contributed by atoms with Crippen LogP contribution >= 0.6 is 0 Å². The summed E-state index contributed by atoms with van der Waals surface area (Å²) in [5.74, 6) is 0.0753. The smallest absolute Gasteiger partial charge is 0.233 e. The number of fused-ring (bicyclic) bond motifs is 3. The van der Waals surface area contributed by atoms with E-state index in [1.807, 2.05) is 6.07 Å². The van der Waals surface area contributed by atoms with Crippen molar-refractivity contribution < 1.29 is 9.53 Å². The molecule has 0 aromatic heterocycles. The Bertz CT molecular complexity index is 789. The van der Waals surface area contributed by atoms with Gasteiger partial charge in [0.2, 0.25) is 5.91 Å². The zero-order chi connectivity index (χ0) is 17.3. The third kappa shape index (κ3) is 2.96. The van der Waals surface area contributed by atoms with Crippen LogP contribution in [0.4, 0.5) is 5.69 Å². The van der Waals surface area contributed by atoms with Gasteiger partial charge >= 0.3 is 0 Å². The van der Waals surface area contributed by atoms with Crippen LogP contribution < -0.4 is 10.6 Å². The van der Waals surface area contributed by atoms with Crippen molar-refractivity contribution >= 4 is 11.6 Å². The van der Waals surface area contributed by atoms with E-state index in [-0.39, 0.29) is 5.91 Å². The van der Waals surface area contributed by atoms with E-state index in [1.165, 1.54) is 22.3 Å². The molecule has 0 spiro atoms. The Morgan fingerprint density at radius 2 is 1.88 bits per heavy atom. The lowest BCUT2D eigenvalue weighted by Gasteiger charge is -2.35. The van der Waals surface area contributed by atoms with Crippen molar-refractivity contribution in [2.75, 3.05) is 32.1 Å². The Morgan fingerprint density at radius 1 is 1.12 bits per heavy atom.